The molecule has 6 nitrogen and oxygen atoms in total. The molecule has 24 heavy (non-hydrogen) atoms. The van der Waals surface area contributed by atoms with E-state index in [-0.39, 0.29) is 18.2 Å². The minimum atomic E-state index is -0.388. The summed E-state index contributed by atoms with van der Waals surface area (Å²) >= 11 is 5.00. The van der Waals surface area contributed by atoms with E-state index in [1.165, 1.54) is 0 Å². The van der Waals surface area contributed by atoms with E-state index in [0.29, 0.717) is 18.1 Å². The van der Waals surface area contributed by atoms with Crippen molar-refractivity contribution in [3.8, 4) is 0 Å². The predicted octanol–water partition coefficient (Wildman–Crippen LogP) is 2.25. The van der Waals surface area contributed by atoms with Gasteiger partial charge in [-0.15, -0.1) is 0 Å². The van der Waals surface area contributed by atoms with Crippen LogP contribution in [-0.4, -0.2) is 42.7 Å². The van der Waals surface area contributed by atoms with Gasteiger partial charge >= 0.3 is 6.09 Å². The van der Waals surface area contributed by atoms with Crippen LogP contribution in [0.15, 0.2) is 18.2 Å². The van der Waals surface area contributed by atoms with E-state index >= 15 is 0 Å². The number of hydrogen-bond acceptors (Lipinski definition) is 4. The molecule has 0 spiro atoms. The average molecular weight is 347 g/mol. The molecule has 0 bridgehead atoms. The fourth-order valence-corrected chi connectivity index (χ4v) is 3.34. The highest BCUT2D eigenvalue weighted by atomic mass is 32.1. The van der Waals surface area contributed by atoms with Crippen molar-refractivity contribution in [3.05, 3.63) is 23.8 Å². The Morgan fingerprint density at radius 1 is 1.50 bits per heavy atom. The number of nitrogens with zero attached hydrogens (tertiary/aromatic N) is 2. The van der Waals surface area contributed by atoms with E-state index in [2.05, 4.69) is 5.32 Å². The number of anilines is 2. The number of cyclic esters (lactones) is 1. The van der Waals surface area contributed by atoms with Gasteiger partial charge in [0, 0.05) is 6.04 Å². The fraction of sp³-hybridized carbons (Fsp3) is 0.471. The van der Waals surface area contributed by atoms with Crippen molar-refractivity contribution in [1.82, 2.24) is 5.32 Å². The number of nitrogens with one attached hydrogen (secondary N) is 1. The Bertz CT molecular complexity index is 679. The van der Waals surface area contributed by atoms with E-state index in [0.717, 1.165) is 36.2 Å². The third-order valence-corrected chi connectivity index (χ3v) is 4.66. The Hall–Kier alpha value is -2.15. The van der Waals surface area contributed by atoms with Gasteiger partial charge in [0.1, 0.15) is 6.10 Å². The maximum absolute atomic E-state index is 12.3. The van der Waals surface area contributed by atoms with Crippen LogP contribution in [0.5, 0.6) is 0 Å². The van der Waals surface area contributed by atoms with Crippen LogP contribution in [0.1, 0.15) is 25.8 Å². The maximum atomic E-state index is 12.3. The van der Waals surface area contributed by atoms with Crippen LogP contribution in [0.25, 0.3) is 0 Å². The van der Waals surface area contributed by atoms with Crippen molar-refractivity contribution in [3.63, 3.8) is 0 Å². The molecule has 2 amide bonds. The molecule has 128 valence electrons. The lowest BCUT2D eigenvalue weighted by molar-refractivity contribution is -0.107. The molecule has 2 aliphatic heterocycles. The van der Waals surface area contributed by atoms with Crippen LogP contribution < -0.4 is 15.1 Å². The minimum absolute atomic E-state index is 0.115. The van der Waals surface area contributed by atoms with E-state index < -0.39 is 0 Å². The summed E-state index contributed by atoms with van der Waals surface area (Å²) in [6, 6.07) is 5.92. The zero-order valence-electron chi connectivity index (χ0n) is 13.8. The number of rotatable bonds is 4. The number of fused-ring (bicyclic) bond motifs is 1. The molecular weight excluding hydrogens is 326 g/mol. The molecule has 0 aromatic heterocycles. The number of hydrogen-bond donors (Lipinski definition) is 1. The summed E-state index contributed by atoms with van der Waals surface area (Å²) in [7, 11) is 0. The van der Waals surface area contributed by atoms with Crippen LogP contribution in [0.4, 0.5) is 16.2 Å². The Morgan fingerprint density at radius 3 is 3.00 bits per heavy atom. The second kappa shape index (κ2) is 6.76. The van der Waals surface area contributed by atoms with Crippen LogP contribution in [0.3, 0.4) is 0 Å². The van der Waals surface area contributed by atoms with Crippen molar-refractivity contribution < 1.29 is 14.3 Å². The Morgan fingerprint density at radius 2 is 2.29 bits per heavy atom. The first-order chi connectivity index (χ1) is 11.5. The number of para-hydroxylation sites is 1. The summed E-state index contributed by atoms with van der Waals surface area (Å²) < 4.78 is 5.42. The maximum Gasteiger partial charge on any atom is 0.414 e. The van der Waals surface area contributed by atoms with Gasteiger partial charge < -0.3 is 15.0 Å². The number of ether oxygens (including phenoxy) is 1. The first-order valence-corrected chi connectivity index (χ1v) is 8.50. The summed E-state index contributed by atoms with van der Waals surface area (Å²) in [5.74, 6) is 0. The lowest BCUT2D eigenvalue weighted by atomic mass is 9.96. The normalized spacial score (nSPS) is 22.8. The molecule has 2 aliphatic rings. The van der Waals surface area contributed by atoms with Crippen molar-refractivity contribution in [2.24, 2.45) is 0 Å². The van der Waals surface area contributed by atoms with Crippen molar-refractivity contribution in [1.29, 1.82) is 0 Å². The molecule has 1 saturated heterocycles. The molecular formula is C17H21N3O3S. The number of thiocarbonyl (C=S) groups is 1. The van der Waals surface area contributed by atoms with Gasteiger partial charge in [-0.3, -0.25) is 9.69 Å². The SMILES string of the molecule is CC(=S)NC[C@H]1CN(c2cccc3c2N(C=O)[C@H](C)CC3)C(=O)O1. The number of amides is 2. The van der Waals surface area contributed by atoms with Crippen LogP contribution in [-0.2, 0) is 16.0 Å². The largest absolute Gasteiger partial charge is 0.442 e. The number of aryl methyl sites for hydroxylation is 1. The molecule has 1 aromatic rings. The Balaban J connectivity index is 1.89. The highest BCUT2D eigenvalue weighted by Crippen LogP contribution is 2.39. The second-order valence-corrected chi connectivity index (χ2v) is 6.85. The van der Waals surface area contributed by atoms with Gasteiger partial charge in [-0.2, -0.15) is 0 Å². The summed E-state index contributed by atoms with van der Waals surface area (Å²) in [6.45, 7) is 4.73. The number of benzene rings is 1. The van der Waals surface area contributed by atoms with Crippen molar-refractivity contribution in [2.45, 2.75) is 38.8 Å². The van der Waals surface area contributed by atoms with Gasteiger partial charge in [0.25, 0.3) is 0 Å². The molecule has 7 heteroatoms. The van der Waals surface area contributed by atoms with Gasteiger partial charge in [0.05, 0.1) is 29.5 Å². The molecule has 1 N–H and O–H groups in total. The summed E-state index contributed by atoms with van der Waals surface area (Å²) in [5, 5.41) is 3.03. The first-order valence-electron chi connectivity index (χ1n) is 8.09. The zero-order chi connectivity index (χ0) is 17.3. The van der Waals surface area contributed by atoms with Crippen molar-refractivity contribution >= 4 is 41.1 Å². The topological polar surface area (TPSA) is 61.9 Å². The van der Waals surface area contributed by atoms with Gasteiger partial charge in [0.15, 0.2) is 0 Å². The fourth-order valence-electron chi connectivity index (χ4n) is 3.26. The third kappa shape index (κ3) is 3.08. The number of carbonyl (C=O) groups is 2. The summed E-state index contributed by atoms with van der Waals surface area (Å²) in [6.07, 6.45) is 2.01. The second-order valence-electron chi connectivity index (χ2n) is 6.24. The highest BCUT2D eigenvalue weighted by Gasteiger charge is 2.36. The van der Waals surface area contributed by atoms with Gasteiger partial charge in [0.2, 0.25) is 6.41 Å². The highest BCUT2D eigenvalue weighted by molar-refractivity contribution is 7.80. The van der Waals surface area contributed by atoms with Crippen LogP contribution in [0, 0.1) is 0 Å². The average Bonchev–Trinajstić information content (AvgIpc) is 2.93. The smallest absolute Gasteiger partial charge is 0.414 e. The van der Waals surface area contributed by atoms with Gasteiger partial charge in [-0.05, 0) is 38.3 Å². The molecule has 0 saturated carbocycles. The molecule has 3 rings (SSSR count). The molecule has 0 radical (unpaired) electrons. The van der Waals surface area contributed by atoms with Crippen LogP contribution in [0.2, 0.25) is 0 Å². The summed E-state index contributed by atoms with van der Waals surface area (Å²) in [4.78, 5) is 27.9. The summed E-state index contributed by atoms with van der Waals surface area (Å²) in [5.41, 5.74) is 2.64. The zero-order valence-corrected chi connectivity index (χ0v) is 14.6. The lowest BCUT2D eigenvalue weighted by Crippen LogP contribution is -2.38. The van der Waals surface area contributed by atoms with Gasteiger partial charge in [-0.25, -0.2) is 4.79 Å². The molecule has 0 unspecified atom stereocenters. The predicted molar refractivity (Wildman–Crippen MR) is 96.7 cm³/mol. The van der Waals surface area contributed by atoms with E-state index in [4.69, 9.17) is 17.0 Å². The molecule has 1 fully saturated rings. The molecule has 2 heterocycles. The molecule has 2 atom stereocenters. The molecule has 1 aromatic carbocycles. The van der Waals surface area contributed by atoms with Crippen molar-refractivity contribution in [2.75, 3.05) is 22.9 Å². The minimum Gasteiger partial charge on any atom is -0.442 e. The monoisotopic (exact) mass is 347 g/mol. The first kappa shape index (κ1) is 16.7. The Labute approximate surface area is 146 Å². The van der Waals surface area contributed by atoms with Crippen LogP contribution >= 0.6 is 12.2 Å². The number of carbonyl (C=O) groups excluding carboxylic acids is 2. The lowest BCUT2D eigenvalue weighted by Gasteiger charge is -2.35. The van der Waals surface area contributed by atoms with E-state index in [1.807, 2.05) is 25.1 Å². The Kier molecular flexibility index (Phi) is 4.71. The molecule has 0 aliphatic carbocycles. The third-order valence-electron chi connectivity index (χ3n) is 4.52. The van der Waals surface area contributed by atoms with E-state index in [1.54, 1.807) is 16.7 Å². The van der Waals surface area contributed by atoms with E-state index in [9.17, 15) is 9.59 Å². The van der Waals surface area contributed by atoms with Gasteiger partial charge in [-0.1, -0.05) is 24.4 Å². The standard InChI is InChI=1S/C17H21N3O3S/c1-11-6-7-13-4-3-5-15(16(13)20(11)10-21)19-9-14(23-17(19)22)8-18-12(2)24/h3-5,10-11,14H,6-9H2,1-2H3,(H,18,24)/t11-,14+/m1/s1. The quantitative estimate of drug-likeness (QED) is 0.669.